The highest BCUT2D eigenvalue weighted by Crippen LogP contribution is 2.44. The maximum Gasteiger partial charge on any atom is 0.261 e. The van der Waals surface area contributed by atoms with E-state index in [1.807, 2.05) is 38.1 Å². The van der Waals surface area contributed by atoms with E-state index in [0.717, 1.165) is 11.1 Å². The quantitative estimate of drug-likeness (QED) is 0.836. The zero-order chi connectivity index (χ0) is 18.6. The second-order valence-corrected chi connectivity index (χ2v) is 6.62. The lowest BCUT2D eigenvalue weighted by atomic mass is 10.1. The highest BCUT2D eigenvalue weighted by molar-refractivity contribution is 6.29. The van der Waals surface area contributed by atoms with Crippen LogP contribution in [0.15, 0.2) is 47.8 Å². The molecule has 2 aromatic heterocycles. The fourth-order valence-electron chi connectivity index (χ4n) is 3.34. The van der Waals surface area contributed by atoms with Gasteiger partial charge in [-0.3, -0.25) is 19.6 Å². The van der Waals surface area contributed by atoms with E-state index >= 15 is 0 Å². The number of hydrogen-bond acceptors (Lipinski definition) is 4. The van der Waals surface area contributed by atoms with Crippen LogP contribution >= 0.6 is 0 Å². The summed E-state index contributed by atoms with van der Waals surface area (Å²) in [6.07, 6.45) is 3.46. The lowest BCUT2D eigenvalue weighted by molar-refractivity contribution is -0.123. The zero-order valence-electron chi connectivity index (χ0n) is 15.1. The molecule has 130 valence electrons. The van der Waals surface area contributed by atoms with Gasteiger partial charge in [0.2, 0.25) is 0 Å². The molecule has 0 radical (unpaired) electrons. The summed E-state index contributed by atoms with van der Waals surface area (Å²) in [6.45, 7) is 3.89. The summed E-state index contributed by atoms with van der Waals surface area (Å²) in [6, 6.07) is 7.50. The molecule has 0 saturated heterocycles. The first kappa shape index (κ1) is 16.2. The minimum atomic E-state index is -0.215. The number of amides is 2. The fraction of sp³-hybridized carbons (Fsp3) is 0.200. The van der Waals surface area contributed by atoms with Crippen LogP contribution in [-0.2, 0) is 9.59 Å². The average molecular weight is 346 g/mol. The molecular weight excluding hydrogens is 328 g/mol. The molecule has 6 nitrogen and oxygen atoms in total. The minimum absolute atomic E-state index is 0.215. The topological polar surface area (TPSA) is 66.4 Å². The number of pyridine rings is 2. The number of aromatic nitrogens is 2. The SMILES string of the molecule is Cc1ccc(C2=C3C(=O)N(C)C(c4ccc(C)cn4)=C3C(=O)N2C)nc1. The molecular formula is C20H18N4O2. The molecule has 26 heavy (non-hydrogen) atoms. The van der Waals surface area contributed by atoms with Crippen LogP contribution in [0.25, 0.3) is 11.4 Å². The highest BCUT2D eigenvalue weighted by Gasteiger charge is 2.47. The van der Waals surface area contributed by atoms with Gasteiger partial charge in [0, 0.05) is 26.5 Å². The van der Waals surface area contributed by atoms with Crippen molar-refractivity contribution in [2.45, 2.75) is 13.8 Å². The molecule has 6 heteroatoms. The zero-order valence-corrected chi connectivity index (χ0v) is 15.1. The summed E-state index contributed by atoms with van der Waals surface area (Å²) < 4.78 is 0. The van der Waals surface area contributed by atoms with E-state index in [2.05, 4.69) is 9.97 Å². The second-order valence-electron chi connectivity index (χ2n) is 6.62. The lowest BCUT2D eigenvalue weighted by Crippen LogP contribution is -2.25. The normalized spacial score (nSPS) is 16.9. The van der Waals surface area contributed by atoms with Crippen molar-refractivity contribution in [1.29, 1.82) is 0 Å². The standard InChI is InChI=1S/C20H18N4O2/c1-11-5-7-13(21-9-11)17-15-16(20(26)23(17)3)18(24(4)19(15)25)14-8-6-12(2)10-22-14/h5-10H,1-4H3. The van der Waals surface area contributed by atoms with Gasteiger partial charge >= 0.3 is 0 Å². The van der Waals surface area contributed by atoms with Crippen molar-refractivity contribution in [2.75, 3.05) is 14.1 Å². The van der Waals surface area contributed by atoms with E-state index in [-0.39, 0.29) is 11.8 Å². The average Bonchev–Trinajstić information content (AvgIpc) is 3.03. The van der Waals surface area contributed by atoms with Crippen LogP contribution in [0.4, 0.5) is 0 Å². The Morgan fingerprint density at radius 1 is 0.692 bits per heavy atom. The van der Waals surface area contributed by atoms with Crippen molar-refractivity contribution < 1.29 is 9.59 Å². The Balaban J connectivity index is 1.97. The summed E-state index contributed by atoms with van der Waals surface area (Å²) >= 11 is 0. The number of aryl methyl sites for hydroxylation is 2. The summed E-state index contributed by atoms with van der Waals surface area (Å²) in [5.74, 6) is -0.431. The van der Waals surface area contributed by atoms with Gasteiger partial charge in [0.25, 0.3) is 11.8 Å². The molecule has 0 unspecified atom stereocenters. The third-order valence-corrected chi connectivity index (χ3v) is 4.74. The van der Waals surface area contributed by atoms with Gasteiger partial charge in [-0.1, -0.05) is 12.1 Å². The summed E-state index contributed by atoms with van der Waals surface area (Å²) in [5, 5.41) is 0. The summed E-state index contributed by atoms with van der Waals surface area (Å²) in [5.41, 5.74) is 5.13. The molecule has 0 saturated carbocycles. The summed E-state index contributed by atoms with van der Waals surface area (Å²) in [7, 11) is 3.34. The van der Waals surface area contributed by atoms with E-state index in [0.29, 0.717) is 33.9 Å². The molecule has 0 atom stereocenters. The van der Waals surface area contributed by atoms with Crippen LogP contribution in [0.3, 0.4) is 0 Å². The Hall–Kier alpha value is -3.28. The van der Waals surface area contributed by atoms with Gasteiger partial charge in [-0.15, -0.1) is 0 Å². The molecule has 0 aromatic carbocycles. The lowest BCUT2D eigenvalue weighted by Gasteiger charge is -2.19. The van der Waals surface area contributed by atoms with Crippen LogP contribution in [0.2, 0.25) is 0 Å². The van der Waals surface area contributed by atoms with Crippen molar-refractivity contribution >= 4 is 23.2 Å². The van der Waals surface area contributed by atoms with Gasteiger partial charge in [0.05, 0.1) is 33.9 Å². The maximum atomic E-state index is 13.0. The Morgan fingerprint density at radius 2 is 1.08 bits per heavy atom. The van der Waals surface area contributed by atoms with Crippen molar-refractivity contribution in [3.63, 3.8) is 0 Å². The number of carbonyl (C=O) groups excluding carboxylic acids is 2. The predicted octanol–water partition coefficient (Wildman–Crippen LogP) is 2.16. The molecule has 2 aliphatic rings. The van der Waals surface area contributed by atoms with Crippen LogP contribution in [-0.4, -0.2) is 45.7 Å². The van der Waals surface area contributed by atoms with Crippen LogP contribution in [0, 0.1) is 13.8 Å². The van der Waals surface area contributed by atoms with Crippen LogP contribution in [0.5, 0.6) is 0 Å². The van der Waals surface area contributed by atoms with Crippen molar-refractivity contribution in [3.05, 3.63) is 70.3 Å². The number of likely N-dealkylation sites (N-methyl/N-ethyl adjacent to an activating group) is 2. The fourth-order valence-corrected chi connectivity index (χ4v) is 3.34. The van der Waals surface area contributed by atoms with Gasteiger partial charge in [-0.05, 0) is 37.1 Å². The predicted molar refractivity (Wildman–Crippen MR) is 97.3 cm³/mol. The molecule has 0 bridgehead atoms. The third-order valence-electron chi connectivity index (χ3n) is 4.74. The molecule has 0 N–H and O–H groups in total. The Bertz CT molecular complexity index is 918. The third kappa shape index (κ3) is 2.19. The Kier molecular flexibility index (Phi) is 3.50. The number of nitrogens with zero attached hydrogens (tertiary/aromatic N) is 4. The van der Waals surface area contributed by atoms with Crippen LogP contribution in [0.1, 0.15) is 22.5 Å². The molecule has 0 fully saturated rings. The van der Waals surface area contributed by atoms with Gasteiger partial charge in [-0.2, -0.15) is 0 Å². The monoisotopic (exact) mass is 346 g/mol. The molecule has 0 aliphatic carbocycles. The second kappa shape index (κ2) is 5.62. The molecule has 4 rings (SSSR count). The first-order chi connectivity index (χ1) is 12.4. The van der Waals surface area contributed by atoms with E-state index < -0.39 is 0 Å². The number of carbonyl (C=O) groups is 2. The number of hydrogen-bond donors (Lipinski definition) is 0. The largest absolute Gasteiger partial charge is 0.309 e. The maximum absolute atomic E-state index is 13.0. The van der Waals surface area contributed by atoms with Gasteiger partial charge in [-0.25, -0.2) is 0 Å². The van der Waals surface area contributed by atoms with E-state index in [1.165, 1.54) is 9.80 Å². The molecule has 2 aliphatic heterocycles. The van der Waals surface area contributed by atoms with E-state index in [1.54, 1.807) is 26.5 Å². The first-order valence-corrected chi connectivity index (χ1v) is 8.31. The molecule has 2 aromatic rings. The molecule has 4 heterocycles. The van der Waals surface area contributed by atoms with E-state index in [4.69, 9.17) is 0 Å². The Morgan fingerprint density at radius 3 is 1.38 bits per heavy atom. The van der Waals surface area contributed by atoms with Crippen molar-refractivity contribution in [1.82, 2.24) is 19.8 Å². The van der Waals surface area contributed by atoms with Gasteiger partial charge in [0.15, 0.2) is 0 Å². The van der Waals surface area contributed by atoms with Crippen molar-refractivity contribution in [2.24, 2.45) is 0 Å². The highest BCUT2D eigenvalue weighted by atomic mass is 16.2. The molecule has 2 amide bonds. The molecule has 0 spiro atoms. The number of fused-ring (bicyclic) bond motifs is 1. The Labute approximate surface area is 151 Å². The smallest absolute Gasteiger partial charge is 0.261 e. The summed E-state index contributed by atoms with van der Waals surface area (Å²) in [4.78, 5) is 37.8. The van der Waals surface area contributed by atoms with Crippen molar-refractivity contribution in [3.8, 4) is 0 Å². The first-order valence-electron chi connectivity index (χ1n) is 8.31. The van der Waals surface area contributed by atoms with Crippen LogP contribution < -0.4 is 0 Å². The van der Waals surface area contributed by atoms with Gasteiger partial charge < -0.3 is 9.80 Å². The number of rotatable bonds is 2. The minimum Gasteiger partial charge on any atom is -0.309 e. The van der Waals surface area contributed by atoms with Gasteiger partial charge in [0.1, 0.15) is 0 Å². The van der Waals surface area contributed by atoms with E-state index in [9.17, 15) is 9.59 Å².